The van der Waals surface area contributed by atoms with Crippen molar-refractivity contribution < 1.29 is 5.11 Å². The van der Waals surface area contributed by atoms with Crippen molar-refractivity contribution in [3.63, 3.8) is 0 Å². The van der Waals surface area contributed by atoms with Crippen LogP contribution in [0.15, 0.2) is 0 Å². The first kappa shape index (κ1) is 9.47. The monoisotopic (exact) mass is 183 g/mol. The average Bonchev–Trinajstić information content (AvgIpc) is 2.18. The number of nitrogens with zero attached hydrogens (tertiary/aromatic N) is 1. The number of rotatable bonds is 1. The lowest BCUT2D eigenvalue weighted by Crippen LogP contribution is -2.50. The molecule has 0 aromatic carbocycles. The number of hydrogen-bond acceptors (Lipinski definition) is 2. The van der Waals surface area contributed by atoms with Crippen LogP contribution in [0.4, 0.5) is 0 Å². The highest BCUT2D eigenvalue weighted by molar-refractivity contribution is 4.87. The molecule has 0 aromatic rings. The lowest BCUT2D eigenvalue weighted by Gasteiger charge is -2.45. The molecule has 13 heavy (non-hydrogen) atoms. The molecule has 1 N–H and O–H groups in total. The maximum absolute atomic E-state index is 9.12. The first-order valence-corrected chi connectivity index (χ1v) is 5.66. The van der Waals surface area contributed by atoms with Crippen LogP contribution in [0.25, 0.3) is 0 Å². The summed E-state index contributed by atoms with van der Waals surface area (Å²) in [6, 6.07) is 0.830. The molecular formula is C11H21NO. The van der Waals surface area contributed by atoms with Crippen LogP contribution in [0, 0.1) is 11.8 Å². The van der Waals surface area contributed by atoms with Gasteiger partial charge in [0.15, 0.2) is 0 Å². The van der Waals surface area contributed by atoms with Crippen molar-refractivity contribution in [1.82, 2.24) is 4.90 Å². The van der Waals surface area contributed by atoms with Gasteiger partial charge in [-0.2, -0.15) is 0 Å². The Morgan fingerprint density at radius 1 is 1.31 bits per heavy atom. The summed E-state index contributed by atoms with van der Waals surface area (Å²) < 4.78 is 0. The fourth-order valence-electron chi connectivity index (χ4n) is 3.01. The summed E-state index contributed by atoms with van der Waals surface area (Å²) in [6.45, 7) is 5.19. The van der Waals surface area contributed by atoms with Crippen LogP contribution in [-0.4, -0.2) is 35.7 Å². The number of fused-ring (bicyclic) bond motifs is 1. The smallest absolute Gasteiger partial charge is 0.0471 e. The molecule has 2 heterocycles. The Kier molecular flexibility index (Phi) is 2.89. The van der Waals surface area contributed by atoms with E-state index in [0.717, 1.165) is 18.5 Å². The summed E-state index contributed by atoms with van der Waals surface area (Å²) in [5.74, 6) is 1.44. The lowest BCUT2D eigenvalue weighted by atomic mass is 9.82. The summed E-state index contributed by atoms with van der Waals surface area (Å²) in [4.78, 5) is 2.61. The minimum absolute atomic E-state index is 0.387. The number of aliphatic hydroxyl groups is 1. The summed E-state index contributed by atoms with van der Waals surface area (Å²) in [7, 11) is 0. The molecule has 0 saturated carbocycles. The maximum Gasteiger partial charge on any atom is 0.0471 e. The zero-order chi connectivity index (χ0) is 9.26. The Labute approximate surface area is 80.9 Å². The van der Waals surface area contributed by atoms with Gasteiger partial charge in [-0.05, 0) is 44.1 Å². The molecule has 2 aliphatic rings. The normalized spacial score (nSPS) is 41.5. The fraction of sp³-hybridized carbons (Fsp3) is 1.00. The molecule has 0 aliphatic carbocycles. The van der Waals surface area contributed by atoms with Crippen molar-refractivity contribution in [1.29, 1.82) is 0 Å². The molecule has 3 atom stereocenters. The largest absolute Gasteiger partial charge is 0.396 e. The Morgan fingerprint density at radius 3 is 2.92 bits per heavy atom. The molecule has 76 valence electrons. The summed E-state index contributed by atoms with van der Waals surface area (Å²) >= 11 is 0. The van der Waals surface area contributed by atoms with E-state index in [2.05, 4.69) is 11.8 Å². The zero-order valence-corrected chi connectivity index (χ0v) is 8.58. The highest BCUT2D eigenvalue weighted by Gasteiger charge is 2.33. The second-order valence-electron chi connectivity index (χ2n) is 4.81. The van der Waals surface area contributed by atoms with Gasteiger partial charge in [0.25, 0.3) is 0 Å². The van der Waals surface area contributed by atoms with Crippen molar-refractivity contribution in [2.24, 2.45) is 11.8 Å². The van der Waals surface area contributed by atoms with Crippen molar-refractivity contribution in [2.75, 3.05) is 19.7 Å². The third-order valence-electron chi connectivity index (χ3n) is 3.85. The molecule has 2 fully saturated rings. The van der Waals surface area contributed by atoms with Crippen LogP contribution in [0.3, 0.4) is 0 Å². The second kappa shape index (κ2) is 3.97. The summed E-state index contributed by atoms with van der Waals surface area (Å²) in [5.41, 5.74) is 0. The van der Waals surface area contributed by atoms with Gasteiger partial charge >= 0.3 is 0 Å². The quantitative estimate of drug-likeness (QED) is 0.666. The van der Waals surface area contributed by atoms with Gasteiger partial charge in [0.05, 0.1) is 0 Å². The highest BCUT2D eigenvalue weighted by Crippen LogP contribution is 2.32. The van der Waals surface area contributed by atoms with Gasteiger partial charge in [0, 0.05) is 19.2 Å². The van der Waals surface area contributed by atoms with E-state index >= 15 is 0 Å². The van der Waals surface area contributed by atoms with Crippen LogP contribution >= 0.6 is 0 Å². The fourth-order valence-corrected chi connectivity index (χ4v) is 3.01. The molecule has 2 nitrogen and oxygen atoms in total. The molecule has 2 heteroatoms. The van der Waals surface area contributed by atoms with Crippen LogP contribution in [0.1, 0.15) is 32.6 Å². The van der Waals surface area contributed by atoms with Crippen molar-refractivity contribution in [3.8, 4) is 0 Å². The highest BCUT2D eigenvalue weighted by atomic mass is 16.3. The molecule has 0 aromatic heterocycles. The predicted molar refractivity (Wildman–Crippen MR) is 53.6 cm³/mol. The number of piperidine rings is 2. The lowest BCUT2D eigenvalue weighted by molar-refractivity contribution is 0.0238. The topological polar surface area (TPSA) is 23.5 Å². The van der Waals surface area contributed by atoms with Crippen LogP contribution < -0.4 is 0 Å². The molecule has 2 saturated heterocycles. The summed E-state index contributed by atoms with van der Waals surface area (Å²) in [6.07, 6.45) is 5.31. The Bertz CT molecular complexity index is 171. The predicted octanol–water partition coefficient (Wildman–Crippen LogP) is 1.49. The molecule has 0 bridgehead atoms. The van der Waals surface area contributed by atoms with E-state index in [-0.39, 0.29) is 0 Å². The summed E-state index contributed by atoms with van der Waals surface area (Å²) in [5, 5.41) is 9.12. The number of hydrogen-bond donors (Lipinski definition) is 1. The molecule has 0 amide bonds. The minimum atomic E-state index is 0.387. The standard InChI is InChI=1S/C11H21NO/c1-9-3-2-6-12-7-10(8-13)4-5-11(9)12/h9-11,13H,2-8H2,1H3/t9-,10+,11?/m1/s1. The van der Waals surface area contributed by atoms with Crippen LogP contribution in [-0.2, 0) is 0 Å². The maximum atomic E-state index is 9.12. The molecule has 2 aliphatic heterocycles. The average molecular weight is 183 g/mol. The van der Waals surface area contributed by atoms with Gasteiger partial charge in [-0.25, -0.2) is 0 Å². The molecule has 0 radical (unpaired) electrons. The number of aliphatic hydroxyl groups excluding tert-OH is 1. The molecule has 2 rings (SSSR count). The first-order chi connectivity index (χ1) is 6.31. The van der Waals surface area contributed by atoms with Crippen molar-refractivity contribution >= 4 is 0 Å². The first-order valence-electron chi connectivity index (χ1n) is 5.66. The van der Waals surface area contributed by atoms with E-state index in [4.69, 9.17) is 5.11 Å². The molecular weight excluding hydrogens is 162 g/mol. The van der Waals surface area contributed by atoms with Gasteiger partial charge in [-0.1, -0.05) is 6.92 Å². The van der Waals surface area contributed by atoms with E-state index in [9.17, 15) is 0 Å². The van der Waals surface area contributed by atoms with Crippen LogP contribution in [0.5, 0.6) is 0 Å². The van der Waals surface area contributed by atoms with Crippen LogP contribution in [0.2, 0.25) is 0 Å². The Morgan fingerprint density at radius 2 is 2.15 bits per heavy atom. The second-order valence-corrected chi connectivity index (χ2v) is 4.81. The third kappa shape index (κ3) is 1.89. The minimum Gasteiger partial charge on any atom is -0.396 e. The van der Waals surface area contributed by atoms with Crippen molar-refractivity contribution in [2.45, 2.75) is 38.6 Å². The Balaban J connectivity index is 1.95. The van der Waals surface area contributed by atoms with Gasteiger partial charge in [0.1, 0.15) is 0 Å². The van der Waals surface area contributed by atoms with Gasteiger partial charge < -0.3 is 5.11 Å². The van der Waals surface area contributed by atoms with Gasteiger partial charge in [-0.15, -0.1) is 0 Å². The van der Waals surface area contributed by atoms with Gasteiger partial charge in [-0.3, -0.25) is 4.90 Å². The molecule has 0 spiro atoms. The van der Waals surface area contributed by atoms with E-state index in [1.165, 1.54) is 32.2 Å². The van der Waals surface area contributed by atoms with E-state index in [1.54, 1.807) is 0 Å². The Hall–Kier alpha value is -0.0800. The van der Waals surface area contributed by atoms with Gasteiger partial charge in [0.2, 0.25) is 0 Å². The van der Waals surface area contributed by atoms with E-state index < -0.39 is 0 Å². The SMILES string of the molecule is C[C@@H]1CCCN2C[C@@H](CO)CCC12. The van der Waals surface area contributed by atoms with Crippen molar-refractivity contribution in [3.05, 3.63) is 0 Å². The van der Waals surface area contributed by atoms with E-state index in [0.29, 0.717) is 12.5 Å². The molecule has 1 unspecified atom stereocenters. The third-order valence-corrected chi connectivity index (χ3v) is 3.85. The zero-order valence-electron chi connectivity index (χ0n) is 8.58. The van der Waals surface area contributed by atoms with E-state index in [1.807, 2.05) is 0 Å².